The normalized spacial score (nSPS) is 10.7. The monoisotopic (exact) mass is 736 g/mol. The number of nitrogens with one attached hydrogen (secondary N) is 1. The van der Waals surface area contributed by atoms with Gasteiger partial charge in [0.2, 0.25) is 0 Å². The Hall–Kier alpha value is -5.81. The molecular formula is C42H44N2O8S. The van der Waals surface area contributed by atoms with Crippen LogP contribution in [0.4, 0.5) is 10.5 Å². The largest absolute Gasteiger partial charge is 0.514 e. The SMILES string of the molecule is CC(C)C.COc1ccc(C(SCCNC(=O)COc2ccc(COC(=O)Oc3ccc([N+](=O)[O-])cc3)cc2)(c2ccccc2)c2ccccc2)cc1. The summed E-state index contributed by atoms with van der Waals surface area (Å²) < 4.78 is 20.7. The number of methoxy groups -OCH3 is 1. The molecule has 5 aromatic carbocycles. The summed E-state index contributed by atoms with van der Waals surface area (Å²) >= 11 is 1.74. The molecule has 0 bridgehead atoms. The van der Waals surface area contributed by atoms with Crippen molar-refractivity contribution in [3.05, 3.63) is 166 Å². The van der Waals surface area contributed by atoms with Crippen LogP contribution in [0.3, 0.4) is 0 Å². The van der Waals surface area contributed by atoms with Crippen LogP contribution >= 0.6 is 11.8 Å². The number of carbonyl (C=O) groups is 2. The van der Waals surface area contributed by atoms with Crippen LogP contribution in [0, 0.1) is 16.0 Å². The van der Waals surface area contributed by atoms with Gasteiger partial charge >= 0.3 is 6.16 Å². The summed E-state index contributed by atoms with van der Waals surface area (Å²) in [5, 5.41) is 13.7. The number of ether oxygens (including phenoxy) is 4. The highest BCUT2D eigenvalue weighted by atomic mass is 32.2. The minimum absolute atomic E-state index is 0.0613. The van der Waals surface area contributed by atoms with Crippen molar-refractivity contribution in [2.45, 2.75) is 32.1 Å². The van der Waals surface area contributed by atoms with Crippen LogP contribution in [0.25, 0.3) is 0 Å². The maximum Gasteiger partial charge on any atom is 0.514 e. The number of hydrogen-bond acceptors (Lipinski definition) is 9. The van der Waals surface area contributed by atoms with Crippen LogP contribution in [0.5, 0.6) is 17.2 Å². The van der Waals surface area contributed by atoms with Crippen molar-refractivity contribution >= 4 is 29.5 Å². The first-order valence-corrected chi connectivity index (χ1v) is 18.1. The van der Waals surface area contributed by atoms with Gasteiger partial charge in [0.25, 0.3) is 11.6 Å². The molecule has 0 fully saturated rings. The predicted octanol–water partition coefficient (Wildman–Crippen LogP) is 9.20. The topological polar surface area (TPSA) is 126 Å². The molecule has 1 N–H and O–H groups in total. The van der Waals surface area contributed by atoms with Gasteiger partial charge in [0.15, 0.2) is 6.61 Å². The first-order chi connectivity index (χ1) is 25.6. The van der Waals surface area contributed by atoms with Crippen molar-refractivity contribution in [2.75, 3.05) is 26.0 Å². The molecule has 0 aliphatic carbocycles. The van der Waals surface area contributed by atoms with Gasteiger partial charge in [0.05, 0.1) is 16.8 Å². The molecule has 0 heterocycles. The standard InChI is InChI=1S/C38H34N2O8S.C4H10/c1-45-33-20-14-31(15-21-33)38(29-8-4-2-5-9-29,30-10-6-3-7-11-30)49-25-24-39-36(41)27-46-34-18-12-28(13-19-34)26-47-37(42)48-35-22-16-32(17-23-35)40(43)44;1-4(2)3/h2-23H,24-27H2,1H3,(H,39,41);4H,1-3H3. The number of rotatable bonds is 15. The Bertz CT molecular complexity index is 1830. The fourth-order valence-electron chi connectivity index (χ4n) is 5.10. The Morgan fingerprint density at radius 2 is 1.25 bits per heavy atom. The summed E-state index contributed by atoms with van der Waals surface area (Å²) in [7, 11) is 1.65. The number of nitro groups is 1. The van der Waals surface area contributed by atoms with Gasteiger partial charge in [-0.1, -0.05) is 106 Å². The van der Waals surface area contributed by atoms with Gasteiger partial charge in [-0.15, -0.1) is 11.8 Å². The number of benzene rings is 5. The Morgan fingerprint density at radius 1 is 0.736 bits per heavy atom. The number of amides is 1. The zero-order valence-corrected chi connectivity index (χ0v) is 31.0. The van der Waals surface area contributed by atoms with Gasteiger partial charge < -0.3 is 24.3 Å². The number of hydrogen-bond donors (Lipinski definition) is 1. The highest BCUT2D eigenvalue weighted by Gasteiger charge is 2.36. The summed E-state index contributed by atoms with van der Waals surface area (Å²) in [6, 6.07) is 40.6. The van der Waals surface area contributed by atoms with Crippen LogP contribution in [-0.2, 0) is 20.9 Å². The van der Waals surface area contributed by atoms with Gasteiger partial charge in [-0.3, -0.25) is 14.9 Å². The molecule has 0 aliphatic heterocycles. The summed E-state index contributed by atoms with van der Waals surface area (Å²) in [6.45, 7) is 6.70. The summed E-state index contributed by atoms with van der Waals surface area (Å²) in [4.78, 5) is 34.9. The molecule has 5 aromatic rings. The fourth-order valence-corrected chi connectivity index (χ4v) is 6.52. The van der Waals surface area contributed by atoms with Crippen molar-refractivity contribution in [2.24, 2.45) is 5.92 Å². The van der Waals surface area contributed by atoms with Gasteiger partial charge in [0.1, 0.15) is 23.9 Å². The molecule has 53 heavy (non-hydrogen) atoms. The third-order valence-electron chi connectivity index (χ3n) is 7.50. The lowest BCUT2D eigenvalue weighted by atomic mass is 9.84. The second-order valence-electron chi connectivity index (χ2n) is 12.4. The molecule has 11 heteroatoms. The molecule has 0 unspecified atom stereocenters. The van der Waals surface area contributed by atoms with Crippen molar-refractivity contribution in [3.63, 3.8) is 0 Å². The van der Waals surface area contributed by atoms with Crippen LogP contribution in [0.15, 0.2) is 133 Å². The maximum absolute atomic E-state index is 12.7. The van der Waals surface area contributed by atoms with E-state index in [1.54, 1.807) is 43.1 Å². The molecule has 5 rings (SSSR count). The van der Waals surface area contributed by atoms with Crippen LogP contribution in [-0.4, -0.2) is 43.0 Å². The highest BCUT2D eigenvalue weighted by Crippen LogP contribution is 2.48. The molecule has 0 radical (unpaired) electrons. The van der Waals surface area contributed by atoms with E-state index in [0.717, 1.165) is 28.4 Å². The van der Waals surface area contributed by atoms with E-state index in [2.05, 4.69) is 62.5 Å². The Morgan fingerprint density at radius 3 is 1.77 bits per heavy atom. The van der Waals surface area contributed by atoms with E-state index in [-0.39, 0.29) is 30.6 Å². The van der Waals surface area contributed by atoms with E-state index < -0.39 is 15.8 Å². The lowest BCUT2D eigenvalue weighted by Crippen LogP contribution is -2.32. The van der Waals surface area contributed by atoms with Gasteiger partial charge in [-0.25, -0.2) is 4.79 Å². The molecule has 0 spiro atoms. The lowest BCUT2D eigenvalue weighted by Gasteiger charge is -2.35. The minimum Gasteiger partial charge on any atom is -0.497 e. The number of thioether (sulfide) groups is 1. The van der Waals surface area contributed by atoms with Gasteiger partial charge in [-0.2, -0.15) is 0 Å². The second kappa shape index (κ2) is 20.3. The van der Waals surface area contributed by atoms with E-state index in [0.29, 0.717) is 23.6 Å². The molecular weight excluding hydrogens is 693 g/mol. The molecule has 1 amide bonds. The number of nitro benzene ring substituents is 1. The van der Waals surface area contributed by atoms with Crippen molar-refractivity contribution in [3.8, 4) is 17.2 Å². The molecule has 0 aromatic heterocycles. The number of nitrogens with zero attached hydrogens (tertiary/aromatic N) is 1. The van der Waals surface area contributed by atoms with Crippen molar-refractivity contribution in [1.29, 1.82) is 0 Å². The molecule has 276 valence electrons. The molecule has 10 nitrogen and oxygen atoms in total. The zero-order valence-electron chi connectivity index (χ0n) is 30.2. The van der Waals surface area contributed by atoms with E-state index >= 15 is 0 Å². The number of non-ortho nitro benzene ring substituents is 1. The van der Waals surface area contributed by atoms with Crippen LogP contribution in [0.1, 0.15) is 43.0 Å². The van der Waals surface area contributed by atoms with E-state index in [9.17, 15) is 19.7 Å². The predicted molar refractivity (Wildman–Crippen MR) is 208 cm³/mol. The third-order valence-corrected chi connectivity index (χ3v) is 9.05. The van der Waals surface area contributed by atoms with Crippen LogP contribution < -0.4 is 19.5 Å². The van der Waals surface area contributed by atoms with Gasteiger partial charge in [0, 0.05) is 24.4 Å². The summed E-state index contributed by atoms with van der Waals surface area (Å²) in [6.07, 6.45) is -0.946. The smallest absolute Gasteiger partial charge is 0.497 e. The average molecular weight is 737 g/mol. The first-order valence-electron chi connectivity index (χ1n) is 17.1. The second-order valence-corrected chi connectivity index (χ2v) is 13.7. The lowest BCUT2D eigenvalue weighted by molar-refractivity contribution is -0.384. The quantitative estimate of drug-likeness (QED) is 0.0280. The van der Waals surface area contributed by atoms with E-state index in [1.807, 2.05) is 48.5 Å². The number of carbonyl (C=O) groups excluding carboxylic acids is 2. The average Bonchev–Trinajstić information content (AvgIpc) is 3.17. The Balaban J connectivity index is 0.00000149. The van der Waals surface area contributed by atoms with E-state index in [4.69, 9.17) is 18.9 Å². The molecule has 0 saturated carbocycles. The molecule has 0 saturated heterocycles. The Labute approximate surface area is 314 Å². The van der Waals surface area contributed by atoms with Crippen molar-refractivity contribution in [1.82, 2.24) is 5.32 Å². The minimum atomic E-state index is -0.946. The van der Waals surface area contributed by atoms with Crippen molar-refractivity contribution < 1.29 is 33.5 Å². The third kappa shape index (κ3) is 12.1. The zero-order chi connectivity index (χ0) is 38.1. The maximum atomic E-state index is 12.7. The van der Waals surface area contributed by atoms with Gasteiger partial charge in [-0.05, 0) is 64.6 Å². The highest BCUT2D eigenvalue weighted by molar-refractivity contribution is 8.00. The first kappa shape index (κ1) is 40.0. The van der Waals surface area contributed by atoms with Crippen LogP contribution in [0.2, 0.25) is 0 Å². The summed E-state index contributed by atoms with van der Waals surface area (Å²) in [5.41, 5.74) is 3.91. The fraction of sp³-hybridized carbons (Fsp3) is 0.238. The van der Waals surface area contributed by atoms with E-state index in [1.165, 1.54) is 24.3 Å². The summed E-state index contributed by atoms with van der Waals surface area (Å²) in [5.74, 6) is 2.59. The molecule has 0 aliphatic rings. The molecule has 0 atom stereocenters. The Kier molecular flexibility index (Phi) is 15.3.